The lowest BCUT2D eigenvalue weighted by Crippen LogP contribution is -2.00. The van der Waals surface area contributed by atoms with Crippen LogP contribution in [0.15, 0.2) is 0 Å². The van der Waals surface area contributed by atoms with Crippen molar-refractivity contribution in [3.63, 3.8) is 0 Å². The lowest BCUT2D eigenvalue weighted by Gasteiger charge is -1.88. The molecule has 0 amide bonds. The summed E-state index contributed by atoms with van der Waals surface area (Å²) in [6, 6.07) is 0. The zero-order chi connectivity index (χ0) is 9.28. The first-order chi connectivity index (χ1) is 5.30. The van der Waals surface area contributed by atoms with Gasteiger partial charge in [0.25, 0.3) is 0 Å². The second kappa shape index (κ2) is 9.47. The van der Waals surface area contributed by atoms with E-state index in [-0.39, 0.29) is 11.9 Å². The minimum absolute atomic E-state index is 0.0417. The molecule has 1 aliphatic heterocycles. The Morgan fingerprint density at radius 3 is 1.82 bits per heavy atom. The van der Waals surface area contributed by atoms with E-state index in [1.165, 1.54) is 0 Å². The van der Waals surface area contributed by atoms with E-state index in [0.717, 1.165) is 6.42 Å². The minimum Gasteiger partial charge on any atom is -0.465 e. The Morgan fingerprint density at radius 1 is 1.27 bits per heavy atom. The number of carbonyl (C=O) groups is 1. The van der Waals surface area contributed by atoms with Crippen LogP contribution in [0.3, 0.4) is 0 Å². The van der Waals surface area contributed by atoms with E-state index in [1.54, 1.807) is 0 Å². The minimum atomic E-state index is -0.0417. The molecule has 11 heavy (non-hydrogen) atoms. The maximum absolute atomic E-state index is 10.4. The lowest BCUT2D eigenvalue weighted by molar-refractivity contribution is -0.140. The van der Waals surface area contributed by atoms with Crippen molar-refractivity contribution in [3.8, 4) is 0 Å². The van der Waals surface area contributed by atoms with E-state index in [2.05, 4.69) is 4.74 Å². The molecule has 0 N–H and O–H groups in total. The maximum atomic E-state index is 10.4. The molecule has 0 aromatic rings. The predicted molar refractivity (Wildman–Crippen MR) is 47.4 cm³/mol. The highest BCUT2D eigenvalue weighted by atomic mass is 16.5. The predicted octanol–water partition coefficient (Wildman–Crippen LogP) is 2.62. The van der Waals surface area contributed by atoms with Gasteiger partial charge in [-0.1, -0.05) is 34.6 Å². The van der Waals surface area contributed by atoms with Gasteiger partial charge < -0.3 is 4.74 Å². The molecule has 68 valence electrons. The average molecular weight is 160 g/mol. The van der Waals surface area contributed by atoms with Crippen molar-refractivity contribution in [2.45, 2.75) is 41.0 Å². The molecular weight excluding hydrogens is 140 g/mol. The molecule has 1 rings (SSSR count). The van der Waals surface area contributed by atoms with Gasteiger partial charge in [0.05, 0.1) is 12.5 Å². The maximum Gasteiger partial charge on any atom is 0.308 e. The number of cyclic esters (lactones) is 1. The van der Waals surface area contributed by atoms with Crippen LogP contribution in [-0.4, -0.2) is 12.6 Å². The van der Waals surface area contributed by atoms with Gasteiger partial charge in [-0.25, -0.2) is 0 Å². The molecule has 0 spiro atoms. The molecule has 1 unspecified atom stereocenters. The third-order valence-corrected chi connectivity index (χ3v) is 1.20. The first-order valence-electron chi connectivity index (χ1n) is 4.47. The highest BCUT2D eigenvalue weighted by Gasteiger charge is 2.20. The van der Waals surface area contributed by atoms with Crippen molar-refractivity contribution in [3.05, 3.63) is 0 Å². The molecule has 0 aliphatic carbocycles. The van der Waals surface area contributed by atoms with Gasteiger partial charge in [-0.2, -0.15) is 0 Å². The van der Waals surface area contributed by atoms with Gasteiger partial charge in [-0.15, -0.1) is 0 Å². The zero-order valence-electron chi connectivity index (χ0n) is 8.31. The summed E-state index contributed by atoms with van der Waals surface area (Å²) in [4.78, 5) is 10.4. The largest absolute Gasteiger partial charge is 0.465 e. The van der Waals surface area contributed by atoms with E-state index >= 15 is 0 Å². The molecule has 2 nitrogen and oxygen atoms in total. The molecule has 0 radical (unpaired) electrons. The first kappa shape index (κ1) is 13.1. The van der Waals surface area contributed by atoms with E-state index in [9.17, 15) is 4.79 Å². The highest BCUT2D eigenvalue weighted by molar-refractivity contribution is 5.73. The van der Waals surface area contributed by atoms with Crippen molar-refractivity contribution in [2.24, 2.45) is 5.92 Å². The smallest absolute Gasteiger partial charge is 0.308 e. The molecule has 1 fully saturated rings. The fourth-order valence-electron chi connectivity index (χ4n) is 0.596. The van der Waals surface area contributed by atoms with Crippen LogP contribution in [0.5, 0.6) is 0 Å². The summed E-state index contributed by atoms with van der Waals surface area (Å²) in [5.41, 5.74) is 0. The van der Waals surface area contributed by atoms with Gasteiger partial charge in [0.1, 0.15) is 0 Å². The standard InChI is InChI=1S/C5H8O2.2C2H6/c1-4-2-3-7-5(4)6;2*1-2/h4H,2-3H2,1H3;2*1-2H3. The van der Waals surface area contributed by atoms with Crippen LogP contribution in [0.1, 0.15) is 41.0 Å². The number of hydrogen-bond acceptors (Lipinski definition) is 2. The summed E-state index contributed by atoms with van der Waals surface area (Å²) in [6.07, 6.45) is 0.902. The molecule has 1 atom stereocenters. The van der Waals surface area contributed by atoms with Gasteiger partial charge in [-0.05, 0) is 6.42 Å². The van der Waals surface area contributed by atoms with Gasteiger partial charge in [0, 0.05) is 0 Å². The van der Waals surface area contributed by atoms with Crippen molar-refractivity contribution < 1.29 is 9.53 Å². The summed E-state index contributed by atoms with van der Waals surface area (Å²) < 4.78 is 4.63. The fraction of sp³-hybridized carbons (Fsp3) is 0.889. The molecule has 0 aromatic heterocycles. The number of ether oxygens (including phenoxy) is 1. The van der Waals surface area contributed by atoms with Crippen molar-refractivity contribution >= 4 is 5.97 Å². The van der Waals surface area contributed by atoms with E-state index in [1.807, 2.05) is 34.6 Å². The summed E-state index contributed by atoms with van der Waals surface area (Å²) in [6.45, 7) is 10.5. The van der Waals surface area contributed by atoms with Crippen molar-refractivity contribution in [2.75, 3.05) is 6.61 Å². The summed E-state index contributed by atoms with van der Waals surface area (Å²) in [5.74, 6) is 0.111. The van der Waals surface area contributed by atoms with Crippen LogP contribution < -0.4 is 0 Å². The van der Waals surface area contributed by atoms with Crippen LogP contribution in [-0.2, 0) is 9.53 Å². The highest BCUT2D eigenvalue weighted by Crippen LogP contribution is 2.11. The topological polar surface area (TPSA) is 26.3 Å². The van der Waals surface area contributed by atoms with E-state index in [0.29, 0.717) is 6.61 Å². The summed E-state index contributed by atoms with van der Waals surface area (Å²) in [7, 11) is 0. The quantitative estimate of drug-likeness (QED) is 0.509. The molecule has 1 aliphatic rings. The third kappa shape index (κ3) is 5.89. The van der Waals surface area contributed by atoms with Crippen LogP contribution in [0, 0.1) is 5.92 Å². The molecule has 1 saturated heterocycles. The molecule has 0 saturated carbocycles. The Balaban J connectivity index is 0. The third-order valence-electron chi connectivity index (χ3n) is 1.20. The van der Waals surface area contributed by atoms with Crippen LogP contribution in [0.25, 0.3) is 0 Å². The van der Waals surface area contributed by atoms with Crippen molar-refractivity contribution in [1.29, 1.82) is 0 Å². The monoisotopic (exact) mass is 160 g/mol. The van der Waals surface area contributed by atoms with Gasteiger partial charge in [0.15, 0.2) is 0 Å². The van der Waals surface area contributed by atoms with Crippen LogP contribution >= 0.6 is 0 Å². The Morgan fingerprint density at radius 2 is 1.73 bits per heavy atom. The normalized spacial score (nSPS) is 20.5. The number of esters is 1. The molecule has 0 aromatic carbocycles. The van der Waals surface area contributed by atoms with Crippen molar-refractivity contribution in [1.82, 2.24) is 0 Å². The Bertz CT molecular complexity index is 89.6. The summed E-state index contributed by atoms with van der Waals surface area (Å²) >= 11 is 0. The van der Waals surface area contributed by atoms with Crippen LogP contribution in [0.4, 0.5) is 0 Å². The fourth-order valence-corrected chi connectivity index (χ4v) is 0.596. The number of hydrogen-bond donors (Lipinski definition) is 0. The Kier molecular flexibility index (Phi) is 11.3. The molecule has 2 heteroatoms. The molecule has 0 bridgehead atoms. The zero-order valence-corrected chi connectivity index (χ0v) is 8.31. The second-order valence-corrected chi connectivity index (χ2v) is 1.86. The first-order valence-corrected chi connectivity index (χ1v) is 4.47. The van der Waals surface area contributed by atoms with Gasteiger partial charge >= 0.3 is 5.97 Å². The van der Waals surface area contributed by atoms with Crippen LogP contribution in [0.2, 0.25) is 0 Å². The SMILES string of the molecule is CC.CC.CC1CCOC1=O. The van der Waals surface area contributed by atoms with Gasteiger partial charge in [0.2, 0.25) is 0 Å². The van der Waals surface area contributed by atoms with E-state index < -0.39 is 0 Å². The van der Waals surface area contributed by atoms with Gasteiger partial charge in [-0.3, -0.25) is 4.79 Å². The summed E-state index contributed by atoms with van der Waals surface area (Å²) in [5, 5.41) is 0. The lowest BCUT2D eigenvalue weighted by atomic mass is 10.2. The average Bonchev–Trinajstić information content (AvgIpc) is 2.44. The van der Waals surface area contributed by atoms with E-state index in [4.69, 9.17) is 0 Å². The number of carbonyl (C=O) groups excluding carboxylic acids is 1. The Hall–Kier alpha value is -0.530. The second-order valence-electron chi connectivity index (χ2n) is 1.86. The molecular formula is C9H20O2. The number of rotatable bonds is 0. The Labute approximate surface area is 69.9 Å². The molecule has 1 heterocycles.